The number of imidazole rings is 3. The summed E-state index contributed by atoms with van der Waals surface area (Å²) in [7, 11) is 14.9. The number of ether oxygens (including phenoxy) is 4. The van der Waals surface area contributed by atoms with Gasteiger partial charge >= 0.3 is 6.03 Å². The molecule has 120 heavy (non-hydrogen) atoms. The van der Waals surface area contributed by atoms with Crippen molar-refractivity contribution in [3.63, 3.8) is 0 Å². The molecule has 0 radical (unpaired) electrons. The van der Waals surface area contributed by atoms with Crippen molar-refractivity contribution >= 4 is 123 Å². The third-order valence-corrected chi connectivity index (χ3v) is 20.9. The van der Waals surface area contributed by atoms with E-state index in [4.69, 9.17) is 24.7 Å². The van der Waals surface area contributed by atoms with Crippen LogP contribution in [0, 0.1) is 0 Å². The van der Waals surface area contributed by atoms with Gasteiger partial charge in [0.15, 0.2) is 17.5 Å². The summed E-state index contributed by atoms with van der Waals surface area (Å²) < 4.78 is 34.1. The molecule has 10 rings (SSSR count). The fourth-order valence-electron chi connectivity index (χ4n) is 13.3. The van der Waals surface area contributed by atoms with Gasteiger partial charge in [-0.25, -0.2) is 19.7 Å². The lowest BCUT2D eigenvalue weighted by Crippen LogP contribution is -2.40. The number of fused-ring (bicyclic) bond motifs is 1. The lowest BCUT2D eigenvalue weighted by molar-refractivity contribution is -0.122. The molecule has 0 aromatic carbocycles. The Balaban J connectivity index is 0.541. The van der Waals surface area contributed by atoms with Crippen molar-refractivity contribution in [3.05, 3.63) is 132 Å². The number of hydrogen-bond donors (Lipinski definition) is 14. The largest absolute Gasteiger partial charge is 0.379 e. The topological polar surface area (TPSA) is 506 Å². The minimum Gasteiger partial charge on any atom is -0.379 e. The summed E-state index contributed by atoms with van der Waals surface area (Å²) >= 11 is 1.88. The van der Waals surface area contributed by atoms with Crippen LogP contribution >= 0.6 is 11.8 Å². The fraction of sp³-hybridized carbons (Fsp3) is 0.468. The van der Waals surface area contributed by atoms with Crippen LogP contribution in [0.3, 0.4) is 0 Å². The van der Waals surface area contributed by atoms with Crippen molar-refractivity contribution in [3.8, 4) is 0 Å². The second-order valence-electron chi connectivity index (χ2n) is 29.1. The van der Waals surface area contributed by atoms with Gasteiger partial charge in [-0.05, 0) is 76.2 Å². The molecular formula is C77H106N26O16S. The number of unbranched alkanes of at least 4 members (excludes halogenated alkanes) is 1. The van der Waals surface area contributed by atoms with Crippen molar-refractivity contribution in [2.45, 2.75) is 74.7 Å². The Kier molecular flexibility index (Phi) is 32.5. The number of nitrogens with one attached hydrogen (secondary N) is 13. The van der Waals surface area contributed by atoms with Gasteiger partial charge in [0.05, 0.1) is 93.4 Å². The van der Waals surface area contributed by atoms with Crippen molar-refractivity contribution in [2.24, 2.45) is 62.1 Å². The highest BCUT2D eigenvalue weighted by Crippen LogP contribution is 2.33. The molecule has 0 spiro atoms. The Hall–Kier alpha value is -12.4. The van der Waals surface area contributed by atoms with E-state index in [0.717, 1.165) is 38.0 Å². The first-order valence-electron chi connectivity index (χ1n) is 39.1. The fourth-order valence-corrected chi connectivity index (χ4v) is 14.8. The van der Waals surface area contributed by atoms with Crippen LogP contribution in [0.1, 0.15) is 136 Å². The molecule has 0 bridgehead atoms. The smallest absolute Gasteiger partial charge is 0.315 e. The third kappa shape index (κ3) is 26.0. The summed E-state index contributed by atoms with van der Waals surface area (Å²) in [6.07, 6.45) is 18.3. The molecule has 15 N–H and O–H groups in total. The van der Waals surface area contributed by atoms with Crippen LogP contribution in [0.2, 0.25) is 0 Å². The van der Waals surface area contributed by atoms with Crippen molar-refractivity contribution in [2.75, 3.05) is 142 Å². The lowest BCUT2D eigenvalue weighted by Gasteiger charge is -2.17. The molecule has 4 atom stereocenters. The van der Waals surface area contributed by atoms with E-state index in [1.54, 1.807) is 90.2 Å². The van der Waals surface area contributed by atoms with Crippen LogP contribution in [-0.2, 0) is 89.7 Å². The molecule has 0 unspecified atom stereocenters. The summed E-state index contributed by atoms with van der Waals surface area (Å²) in [6.45, 7) is 5.60. The number of hydrogen-bond acceptors (Lipinski definition) is 22. The molecule has 13 amide bonds. The van der Waals surface area contributed by atoms with E-state index in [9.17, 15) is 57.5 Å². The monoisotopic (exact) mass is 1680 g/mol. The Morgan fingerprint density at radius 1 is 0.458 bits per heavy atom. The number of rotatable bonds is 47. The van der Waals surface area contributed by atoms with Crippen LogP contribution in [0.4, 0.5) is 44.9 Å². The number of nitrogens with zero attached hydrogens (tertiary/aromatic N) is 12. The molecule has 2 fully saturated rings. The molecule has 8 aromatic heterocycles. The Morgan fingerprint density at radius 2 is 0.892 bits per heavy atom. The van der Waals surface area contributed by atoms with Crippen molar-refractivity contribution in [1.82, 2.24) is 88.3 Å². The van der Waals surface area contributed by atoms with E-state index in [1.165, 1.54) is 88.8 Å². The molecule has 0 saturated carbocycles. The predicted octanol–water partition coefficient (Wildman–Crippen LogP) is 2.04. The molecule has 8 aromatic rings. The maximum atomic E-state index is 13.6. The molecule has 2 aliphatic rings. The summed E-state index contributed by atoms with van der Waals surface area (Å²) in [5.74, 6) is -3.89. The molecule has 2 aliphatic heterocycles. The number of urea groups is 1. The maximum Gasteiger partial charge on any atom is 0.315 e. The summed E-state index contributed by atoms with van der Waals surface area (Å²) in [5.41, 5.74) is 8.83. The number of aromatic nitrogens is 11. The molecular weight excluding hydrogens is 1580 g/mol. The van der Waals surface area contributed by atoms with E-state index in [0.29, 0.717) is 113 Å². The molecule has 646 valence electrons. The average Bonchev–Trinajstić information content (AvgIpc) is 1.69. The number of nitrogens with two attached hydrogens (primary N) is 1. The highest BCUT2D eigenvalue weighted by molar-refractivity contribution is 8.00. The number of aryl methyl sites for hydroxylation is 8. The molecule has 0 aliphatic carbocycles. The first-order valence-corrected chi connectivity index (χ1v) is 40.1. The van der Waals surface area contributed by atoms with Crippen LogP contribution in [0.15, 0.2) is 86.1 Å². The molecule has 43 heteroatoms. The number of thioether (sulfide) groups is 1. The molecule has 2 saturated heterocycles. The van der Waals surface area contributed by atoms with Crippen LogP contribution < -0.4 is 74.9 Å². The van der Waals surface area contributed by atoms with Crippen molar-refractivity contribution in [1.29, 1.82) is 0 Å². The number of carbonyl (C=O) groups excluding carboxylic acids is 12. The standard InChI is InChI=1S/C77H106N26O16S/c1-95(21-12-17-79-63(105)16-24-116-26-28-118-30-31-119-29-27-117-25-20-80-62(104)15-11-10-14-59-65-53(46-120-59)89-77(115)94-65)22-13-18-82-69(107)54-34-49(40-97(54)3)85-70(108)56-37-52(43-100(56)6)88-76(114)68-91-61(45-103(68)9)93-72(110)57-33-48(39-98(57)4)84-64(106)32-47(78)38-83-74(112)67-90-60(44-102(67)8)92-73(111)58-35-50(41-101(58)7)86-71(109)55-36-51(42-99(55)5)87-75(113)66-81-19-23-96(66)2/h19,23,33-37,39-45,47,53,59,65H,10-18,20-22,24-32,38,46,78H2,1-9H3,(H,79,105)(H,80,104)(H,82,107)(H,83,112)(H,84,106)(H,85,108)(H,86,109)(H,87,113)(H,88,114)(H,92,111)(H,93,110)(H2,89,94,115)/t47-,53+,59+,65+/m1/s1. The quantitative estimate of drug-likeness (QED) is 0.0192. The Labute approximate surface area is 695 Å². The minimum absolute atomic E-state index is 0.00687. The van der Waals surface area contributed by atoms with Crippen LogP contribution in [-0.4, -0.2) is 256 Å². The zero-order valence-corrected chi connectivity index (χ0v) is 69.4. The summed E-state index contributed by atoms with van der Waals surface area (Å²) in [6, 6.07) is 6.87. The van der Waals surface area contributed by atoms with E-state index in [2.05, 4.69) is 89.0 Å². The van der Waals surface area contributed by atoms with Crippen LogP contribution in [0.25, 0.3) is 0 Å². The van der Waals surface area contributed by atoms with Gasteiger partial charge in [-0.15, -0.1) is 0 Å². The highest BCUT2D eigenvalue weighted by Gasteiger charge is 2.42. The maximum absolute atomic E-state index is 13.6. The Morgan fingerprint density at radius 3 is 1.40 bits per heavy atom. The molecule has 42 nitrogen and oxygen atoms in total. The third-order valence-electron chi connectivity index (χ3n) is 19.4. The lowest BCUT2D eigenvalue weighted by atomic mass is 10.0. The summed E-state index contributed by atoms with van der Waals surface area (Å²) in [5, 5.41) is 36.8. The van der Waals surface area contributed by atoms with Gasteiger partial charge < -0.3 is 135 Å². The number of amides is 13. The second-order valence-corrected chi connectivity index (χ2v) is 30.4. The van der Waals surface area contributed by atoms with E-state index >= 15 is 0 Å². The van der Waals surface area contributed by atoms with E-state index in [1.807, 2.05) is 18.8 Å². The van der Waals surface area contributed by atoms with Gasteiger partial charge in [-0.1, -0.05) is 6.42 Å². The van der Waals surface area contributed by atoms with Gasteiger partial charge in [0.25, 0.3) is 47.3 Å². The van der Waals surface area contributed by atoms with Gasteiger partial charge in [-0.3, -0.25) is 52.7 Å². The first-order chi connectivity index (χ1) is 57.5. The first kappa shape index (κ1) is 89.9. The number of anilines is 7. The highest BCUT2D eigenvalue weighted by atomic mass is 32.2. The van der Waals surface area contributed by atoms with Crippen molar-refractivity contribution < 1.29 is 76.5 Å². The minimum atomic E-state index is -0.865. The second kappa shape index (κ2) is 43.3. The van der Waals surface area contributed by atoms with Gasteiger partial charge in [0.1, 0.15) is 28.5 Å². The normalized spacial score (nSPS) is 14.4. The predicted molar refractivity (Wildman–Crippen MR) is 445 cm³/mol. The van der Waals surface area contributed by atoms with Gasteiger partial charge in [-0.2, -0.15) is 11.8 Å². The van der Waals surface area contributed by atoms with Gasteiger partial charge in [0.2, 0.25) is 29.4 Å². The molecule has 10 heterocycles. The SMILES string of the molecule is CN(CCCNC(=O)CCOCCOCCOCCOCCNC(=O)CCCC[C@@H]1SC[C@@H]2NC(=O)N[C@@H]21)CCCNC(=O)c1cc(NC(=O)c2cc(NC(=O)c3nc(NC(=O)c4cc(NC(=O)C[C@@H](N)CNC(=O)c5nc(NC(=O)c6cc(NC(=O)c7cc(NC(=O)c8nccn8C)cn7C)cn6C)cn5C)cn4C)cn3C)cn2C)cn1C. The number of carbonyl (C=O) groups is 12. The summed E-state index contributed by atoms with van der Waals surface area (Å²) in [4.78, 5) is 171. The van der Waals surface area contributed by atoms with E-state index < -0.39 is 53.3 Å². The zero-order chi connectivity index (χ0) is 86.1. The average molecular weight is 1680 g/mol. The van der Waals surface area contributed by atoms with E-state index in [-0.39, 0.29) is 125 Å². The van der Waals surface area contributed by atoms with Gasteiger partial charge in [0, 0.05) is 175 Å². The zero-order valence-electron chi connectivity index (χ0n) is 68.5. The van der Waals surface area contributed by atoms with Crippen LogP contribution in [0.5, 0.6) is 0 Å². The Bertz CT molecular complexity index is 4960.